The average molecular weight is 192 g/mol. The molecule has 0 saturated carbocycles. The van der Waals surface area contributed by atoms with Crippen LogP contribution in [0, 0.1) is 11.8 Å². The van der Waals surface area contributed by atoms with Gasteiger partial charge >= 0.3 is 0 Å². The van der Waals surface area contributed by atoms with Crippen LogP contribution in [-0.4, -0.2) is 17.5 Å². The average Bonchev–Trinajstić information content (AvgIpc) is 2.16. The molecule has 0 atom stereocenters. The van der Waals surface area contributed by atoms with Crippen LogP contribution in [0.15, 0.2) is 24.3 Å². The molecule has 0 aliphatic carbocycles. The van der Waals surface area contributed by atoms with Crippen molar-refractivity contribution in [3.8, 4) is 11.8 Å². The third-order valence-electron chi connectivity index (χ3n) is 1.64. The predicted molar refractivity (Wildman–Crippen MR) is 58.0 cm³/mol. The smallest absolute Gasteiger partial charge is 0.0521 e. The van der Waals surface area contributed by atoms with E-state index in [9.17, 15) is 0 Å². The van der Waals surface area contributed by atoms with Gasteiger partial charge in [0.05, 0.1) is 5.75 Å². The molecule has 0 aliphatic rings. The van der Waals surface area contributed by atoms with Crippen molar-refractivity contribution in [3.63, 3.8) is 0 Å². The number of benzene rings is 1. The Morgan fingerprint density at radius 2 is 2.23 bits per heavy atom. The molecular weight excluding hydrogens is 180 g/mol. The Balaban J connectivity index is 2.79. The first-order valence-corrected chi connectivity index (χ1v) is 4.79. The first-order chi connectivity index (χ1) is 6.36. The monoisotopic (exact) mass is 192 g/mol. The highest BCUT2D eigenvalue weighted by Crippen LogP contribution is 2.04. The van der Waals surface area contributed by atoms with Crippen LogP contribution in [0.1, 0.15) is 11.1 Å². The summed E-state index contributed by atoms with van der Waals surface area (Å²) in [5.74, 6) is 6.44. The molecule has 68 valence electrons. The normalized spacial score (nSPS) is 9.08. The first kappa shape index (κ1) is 10.2. The zero-order chi connectivity index (χ0) is 9.52. The maximum Gasteiger partial charge on any atom is 0.0521 e. The van der Waals surface area contributed by atoms with Crippen LogP contribution in [0.4, 0.5) is 0 Å². The van der Waals surface area contributed by atoms with Crippen molar-refractivity contribution >= 4 is 12.6 Å². The third kappa shape index (κ3) is 3.54. The Kier molecular flexibility index (Phi) is 4.45. The second-order valence-electron chi connectivity index (χ2n) is 2.63. The summed E-state index contributed by atoms with van der Waals surface area (Å²) in [6.45, 7) is 0.184. The van der Waals surface area contributed by atoms with Crippen molar-refractivity contribution in [2.45, 2.75) is 6.42 Å². The Labute approximate surface area is 84.2 Å². The molecule has 1 rings (SSSR count). The quantitative estimate of drug-likeness (QED) is 0.537. The summed E-state index contributed by atoms with van der Waals surface area (Å²) in [6.07, 6.45) is 0.691. The molecule has 0 amide bonds. The van der Waals surface area contributed by atoms with Crippen molar-refractivity contribution < 1.29 is 5.11 Å². The van der Waals surface area contributed by atoms with Crippen LogP contribution in [0.2, 0.25) is 0 Å². The van der Waals surface area contributed by atoms with E-state index < -0.39 is 0 Å². The van der Waals surface area contributed by atoms with Crippen LogP contribution in [0.3, 0.4) is 0 Å². The Bertz CT molecular complexity index is 322. The zero-order valence-corrected chi connectivity index (χ0v) is 8.22. The molecule has 0 unspecified atom stereocenters. The van der Waals surface area contributed by atoms with E-state index in [4.69, 9.17) is 5.11 Å². The molecule has 0 heterocycles. The minimum absolute atomic E-state index is 0.184. The third-order valence-corrected chi connectivity index (χ3v) is 1.80. The number of hydrogen-bond donors (Lipinski definition) is 2. The standard InChI is InChI=1S/C11H12OS/c12-7-6-11-4-1-3-10(9-11)5-2-8-13/h1,3-4,9,12-13H,6-8H2. The van der Waals surface area contributed by atoms with Crippen molar-refractivity contribution in [3.05, 3.63) is 35.4 Å². The van der Waals surface area contributed by atoms with Crippen molar-refractivity contribution in [2.75, 3.05) is 12.4 Å². The molecule has 1 nitrogen and oxygen atoms in total. The van der Waals surface area contributed by atoms with Gasteiger partial charge in [-0.25, -0.2) is 0 Å². The second kappa shape index (κ2) is 5.69. The maximum atomic E-state index is 8.74. The summed E-state index contributed by atoms with van der Waals surface area (Å²) in [5, 5.41) is 8.74. The van der Waals surface area contributed by atoms with Gasteiger partial charge in [-0.1, -0.05) is 24.0 Å². The van der Waals surface area contributed by atoms with Gasteiger partial charge in [0.2, 0.25) is 0 Å². The zero-order valence-electron chi connectivity index (χ0n) is 7.33. The van der Waals surface area contributed by atoms with Crippen LogP contribution < -0.4 is 0 Å². The van der Waals surface area contributed by atoms with Gasteiger partial charge in [-0.2, -0.15) is 12.6 Å². The number of rotatable bonds is 2. The highest BCUT2D eigenvalue weighted by molar-refractivity contribution is 7.80. The van der Waals surface area contributed by atoms with E-state index in [-0.39, 0.29) is 6.61 Å². The van der Waals surface area contributed by atoms with Crippen LogP contribution in [-0.2, 0) is 6.42 Å². The Hall–Kier alpha value is -0.910. The Morgan fingerprint density at radius 3 is 2.92 bits per heavy atom. The molecule has 1 aromatic rings. The van der Waals surface area contributed by atoms with Gasteiger partial charge in [0.25, 0.3) is 0 Å². The summed E-state index contributed by atoms with van der Waals surface area (Å²) >= 11 is 4.00. The maximum absolute atomic E-state index is 8.74. The van der Waals surface area contributed by atoms with E-state index in [0.717, 1.165) is 11.1 Å². The lowest BCUT2D eigenvalue weighted by Crippen LogP contribution is -1.90. The number of thiol groups is 1. The van der Waals surface area contributed by atoms with Crippen molar-refractivity contribution in [1.29, 1.82) is 0 Å². The molecule has 0 aromatic heterocycles. The highest BCUT2D eigenvalue weighted by Gasteiger charge is 1.91. The lowest BCUT2D eigenvalue weighted by molar-refractivity contribution is 0.299. The molecule has 0 fully saturated rings. The van der Waals surface area contributed by atoms with Gasteiger partial charge in [0.1, 0.15) is 0 Å². The van der Waals surface area contributed by atoms with E-state index in [2.05, 4.69) is 24.5 Å². The largest absolute Gasteiger partial charge is 0.396 e. The topological polar surface area (TPSA) is 20.2 Å². The minimum atomic E-state index is 0.184. The molecule has 0 aliphatic heterocycles. The molecule has 2 heteroatoms. The fraction of sp³-hybridized carbons (Fsp3) is 0.273. The van der Waals surface area contributed by atoms with Crippen molar-refractivity contribution in [2.24, 2.45) is 0 Å². The molecule has 13 heavy (non-hydrogen) atoms. The van der Waals surface area contributed by atoms with Crippen molar-refractivity contribution in [1.82, 2.24) is 0 Å². The van der Waals surface area contributed by atoms with Gasteiger partial charge < -0.3 is 5.11 Å². The molecule has 0 saturated heterocycles. The van der Waals surface area contributed by atoms with E-state index >= 15 is 0 Å². The first-order valence-electron chi connectivity index (χ1n) is 4.16. The molecule has 0 spiro atoms. The van der Waals surface area contributed by atoms with Gasteiger partial charge in [-0.3, -0.25) is 0 Å². The number of hydrogen-bond acceptors (Lipinski definition) is 2. The SMILES string of the molecule is OCCc1cccc(C#CCS)c1. The van der Waals surface area contributed by atoms with E-state index in [0.29, 0.717) is 12.2 Å². The van der Waals surface area contributed by atoms with Crippen LogP contribution in [0.25, 0.3) is 0 Å². The summed E-state index contributed by atoms with van der Waals surface area (Å²) in [7, 11) is 0. The second-order valence-corrected chi connectivity index (χ2v) is 2.95. The molecular formula is C11H12OS. The van der Waals surface area contributed by atoms with Crippen LogP contribution >= 0.6 is 12.6 Å². The summed E-state index contributed by atoms with van der Waals surface area (Å²) < 4.78 is 0. The van der Waals surface area contributed by atoms with Gasteiger partial charge in [0.15, 0.2) is 0 Å². The summed E-state index contributed by atoms with van der Waals surface area (Å²) in [4.78, 5) is 0. The fourth-order valence-corrected chi connectivity index (χ4v) is 1.15. The lowest BCUT2D eigenvalue weighted by Gasteiger charge is -1.97. The fourth-order valence-electron chi connectivity index (χ4n) is 1.08. The predicted octanol–water partition coefficient (Wildman–Crippen LogP) is 1.50. The van der Waals surface area contributed by atoms with E-state index in [1.807, 2.05) is 24.3 Å². The number of aliphatic hydroxyl groups excluding tert-OH is 1. The summed E-state index contributed by atoms with van der Waals surface area (Å²) in [6, 6.07) is 7.89. The Morgan fingerprint density at radius 1 is 1.38 bits per heavy atom. The lowest BCUT2D eigenvalue weighted by atomic mass is 10.1. The van der Waals surface area contributed by atoms with Gasteiger partial charge in [0, 0.05) is 12.2 Å². The van der Waals surface area contributed by atoms with Crippen LogP contribution in [0.5, 0.6) is 0 Å². The number of aliphatic hydroxyl groups is 1. The van der Waals surface area contributed by atoms with E-state index in [1.165, 1.54) is 0 Å². The minimum Gasteiger partial charge on any atom is -0.396 e. The molecule has 1 aromatic carbocycles. The molecule has 0 radical (unpaired) electrons. The highest BCUT2D eigenvalue weighted by atomic mass is 32.1. The summed E-state index contributed by atoms with van der Waals surface area (Å²) in [5.41, 5.74) is 2.11. The molecule has 0 bridgehead atoms. The van der Waals surface area contributed by atoms with E-state index in [1.54, 1.807) is 0 Å². The van der Waals surface area contributed by atoms with Gasteiger partial charge in [-0.05, 0) is 24.1 Å². The molecule has 1 N–H and O–H groups in total. The van der Waals surface area contributed by atoms with Gasteiger partial charge in [-0.15, -0.1) is 0 Å².